The van der Waals surface area contributed by atoms with Crippen LogP contribution in [0.1, 0.15) is 117 Å². The Morgan fingerprint density at radius 2 is 1.08 bits per heavy atom. The Hall–Kier alpha value is -0.0800. The molecular weight excluding hydrogens is 306 g/mol. The van der Waals surface area contributed by atoms with Gasteiger partial charge in [-0.15, -0.1) is 0 Å². The van der Waals surface area contributed by atoms with Gasteiger partial charge in [0.1, 0.15) is 0 Å². The van der Waals surface area contributed by atoms with Crippen LogP contribution in [0.2, 0.25) is 0 Å². The summed E-state index contributed by atoms with van der Waals surface area (Å²) in [6, 6.07) is 0. The Morgan fingerprint density at radius 1 is 0.680 bits per heavy atom. The van der Waals surface area contributed by atoms with E-state index in [1.807, 2.05) is 0 Å². The average molecular weight is 354 g/mol. The maximum Gasteiger partial charge on any atom is 0.0933 e. The van der Waals surface area contributed by atoms with Gasteiger partial charge in [-0.05, 0) is 18.9 Å². The summed E-state index contributed by atoms with van der Waals surface area (Å²) in [4.78, 5) is 0. The van der Waals surface area contributed by atoms with E-state index < -0.39 is 0 Å². The lowest BCUT2D eigenvalue weighted by Crippen LogP contribution is -2.20. The zero-order valence-corrected chi connectivity index (χ0v) is 17.5. The lowest BCUT2D eigenvalue weighted by molar-refractivity contribution is 0.395. The van der Waals surface area contributed by atoms with Gasteiger partial charge in [0.2, 0.25) is 0 Å². The molecule has 0 bridgehead atoms. The minimum absolute atomic E-state index is 0.537. The van der Waals surface area contributed by atoms with E-state index in [1.54, 1.807) is 0 Å². The molecule has 0 aromatic heterocycles. The smallest absolute Gasteiger partial charge is 0.0933 e. The van der Waals surface area contributed by atoms with Crippen molar-refractivity contribution >= 4 is 0 Å². The highest BCUT2D eigenvalue weighted by atomic mass is 16.6. The van der Waals surface area contributed by atoms with E-state index >= 15 is 0 Å². The van der Waals surface area contributed by atoms with E-state index in [-0.39, 0.29) is 0 Å². The van der Waals surface area contributed by atoms with Gasteiger partial charge in [-0.3, -0.25) is 0 Å². The quantitative estimate of drug-likeness (QED) is 0.191. The number of ether oxygens (including phenoxy) is 1. The summed E-state index contributed by atoms with van der Waals surface area (Å²) in [6.07, 6.45) is 23.7. The first-order valence-corrected chi connectivity index (χ1v) is 11.6. The molecule has 1 aliphatic heterocycles. The Kier molecular flexibility index (Phi) is 15.9. The van der Waals surface area contributed by atoms with Gasteiger partial charge < -0.3 is 10.1 Å². The van der Waals surface area contributed by atoms with Crippen molar-refractivity contribution in [3.8, 4) is 0 Å². The Balaban J connectivity index is 1.60. The third kappa shape index (κ3) is 18.5. The fourth-order valence-corrected chi connectivity index (χ4v) is 3.55. The lowest BCUT2D eigenvalue weighted by atomic mass is 10.0. The van der Waals surface area contributed by atoms with Crippen molar-refractivity contribution in [3.05, 3.63) is 0 Å². The first kappa shape index (κ1) is 23.0. The second-order valence-electron chi connectivity index (χ2n) is 8.65. The van der Waals surface area contributed by atoms with E-state index in [1.165, 1.54) is 109 Å². The van der Waals surface area contributed by atoms with E-state index in [0.29, 0.717) is 6.10 Å². The molecule has 2 heteroatoms. The Bertz CT molecular complexity index is 245. The summed E-state index contributed by atoms with van der Waals surface area (Å²) < 4.78 is 5.19. The van der Waals surface area contributed by atoms with Crippen LogP contribution in [0.5, 0.6) is 0 Å². The zero-order valence-electron chi connectivity index (χ0n) is 17.5. The van der Waals surface area contributed by atoms with E-state index in [2.05, 4.69) is 19.2 Å². The van der Waals surface area contributed by atoms with Gasteiger partial charge in [0.25, 0.3) is 0 Å². The maximum atomic E-state index is 5.19. The molecule has 1 rings (SSSR count). The average Bonchev–Trinajstić information content (AvgIpc) is 3.41. The molecule has 1 saturated heterocycles. The fourth-order valence-electron chi connectivity index (χ4n) is 3.55. The lowest BCUT2D eigenvalue weighted by Gasteiger charge is -2.05. The van der Waals surface area contributed by atoms with Gasteiger partial charge in [0.15, 0.2) is 0 Å². The van der Waals surface area contributed by atoms with Gasteiger partial charge in [0.05, 0.1) is 12.7 Å². The van der Waals surface area contributed by atoms with Crippen molar-refractivity contribution < 1.29 is 4.74 Å². The van der Waals surface area contributed by atoms with Crippen LogP contribution in [0.4, 0.5) is 0 Å². The molecule has 0 amide bonds. The first-order valence-electron chi connectivity index (χ1n) is 11.6. The maximum absolute atomic E-state index is 5.19. The predicted octanol–water partition coefficient (Wildman–Crippen LogP) is 6.87. The largest absolute Gasteiger partial charge is 0.372 e. The van der Waals surface area contributed by atoms with E-state index in [4.69, 9.17) is 4.74 Å². The van der Waals surface area contributed by atoms with Crippen LogP contribution in [0.15, 0.2) is 0 Å². The van der Waals surface area contributed by atoms with Crippen molar-refractivity contribution in [2.45, 2.75) is 123 Å². The molecule has 150 valence electrons. The Labute approximate surface area is 158 Å². The topological polar surface area (TPSA) is 24.6 Å². The molecular formula is C23H47NO. The second-order valence-corrected chi connectivity index (χ2v) is 8.65. The molecule has 25 heavy (non-hydrogen) atoms. The van der Waals surface area contributed by atoms with Crippen LogP contribution in [0.25, 0.3) is 0 Å². The molecule has 0 aromatic rings. The molecule has 1 N–H and O–H groups in total. The summed E-state index contributed by atoms with van der Waals surface area (Å²) in [5.41, 5.74) is 0. The number of nitrogens with one attached hydrogen (secondary N) is 1. The number of rotatable bonds is 20. The van der Waals surface area contributed by atoms with Crippen LogP contribution in [-0.4, -0.2) is 25.8 Å². The normalized spacial score (nSPS) is 16.7. The van der Waals surface area contributed by atoms with Gasteiger partial charge in [0, 0.05) is 6.54 Å². The standard InChI is InChI=1S/C23H47NO/c1-22(2)18-16-14-12-10-8-6-4-3-5-7-9-11-13-15-17-19-24-20-23-21-25-23/h22-24H,3-21H2,1-2H3. The molecule has 0 aromatic carbocycles. The van der Waals surface area contributed by atoms with E-state index in [9.17, 15) is 0 Å². The zero-order chi connectivity index (χ0) is 18.0. The molecule has 1 heterocycles. The molecule has 1 aliphatic rings. The molecule has 0 saturated carbocycles. The van der Waals surface area contributed by atoms with Crippen LogP contribution in [0.3, 0.4) is 0 Å². The summed E-state index contributed by atoms with van der Waals surface area (Å²) in [6.45, 7) is 7.90. The SMILES string of the molecule is CC(C)CCCCCCCCCCCCCCCCCNCC1CO1. The third-order valence-electron chi connectivity index (χ3n) is 5.41. The van der Waals surface area contributed by atoms with Crippen LogP contribution >= 0.6 is 0 Å². The molecule has 1 atom stereocenters. The molecule has 1 unspecified atom stereocenters. The highest BCUT2D eigenvalue weighted by Crippen LogP contribution is 2.14. The van der Waals surface area contributed by atoms with Gasteiger partial charge in [-0.1, -0.05) is 110 Å². The monoisotopic (exact) mass is 353 g/mol. The first-order chi connectivity index (χ1) is 12.3. The summed E-state index contributed by atoms with van der Waals surface area (Å²) >= 11 is 0. The van der Waals surface area contributed by atoms with E-state index in [0.717, 1.165) is 19.1 Å². The highest BCUT2D eigenvalue weighted by Gasteiger charge is 2.20. The van der Waals surface area contributed by atoms with Crippen molar-refractivity contribution in [2.24, 2.45) is 5.92 Å². The van der Waals surface area contributed by atoms with Crippen LogP contribution in [-0.2, 0) is 4.74 Å². The third-order valence-corrected chi connectivity index (χ3v) is 5.41. The van der Waals surface area contributed by atoms with Crippen molar-refractivity contribution in [2.75, 3.05) is 19.7 Å². The summed E-state index contributed by atoms with van der Waals surface area (Å²) in [5, 5.41) is 3.48. The summed E-state index contributed by atoms with van der Waals surface area (Å²) in [5.74, 6) is 0.893. The second kappa shape index (κ2) is 17.3. The summed E-state index contributed by atoms with van der Waals surface area (Å²) in [7, 11) is 0. The van der Waals surface area contributed by atoms with Crippen molar-refractivity contribution in [3.63, 3.8) is 0 Å². The molecule has 0 spiro atoms. The predicted molar refractivity (Wildman–Crippen MR) is 111 cm³/mol. The molecule has 1 fully saturated rings. The Morgan fingerprint density at radius 3 is 1.48 bits per heavy atom. The number of epoxide rings is 1. The van der Waals surface area contributed by atoms with Gasteiger partial charge in [-0.25, -0.2) is 0 Å². The van der Waals surface area contributed by atoms with Gasteiger partial charge >= 0.3 is 0 Å². The highest BCUT2D eigenvalue weighted by molar-refractivity contribution is 4.71. The van der Waals surface area contributed by atoms with Crippen molar-refractivity contribution in [1.29, 1.82) is 0 Å². The fraction of sp³-hybridized carbons (Fsp3) is 1.00. The minimum Gasteiger partial charge on any atom is -0.372 e. The molecule has 0 radical (unpaired) electrons. The van der Waals surface area contributed by atoms with Gasteiger partial charge in [-0.2, -0.15) is 0 Å². The number of hydrogen-bond acceptors (Lipinski definition) is 2. The number of unbranched alkanes of at least 4 members (excludes halogenated alkanes) is 14. The minimum atomic E-state index is 0.537. The van der Waals surface area contributed by atoms with Crippen LogP contribution in [0, 0.1) is 5.92 Å². The number of hydrogen-bond donors (Lipinski definition) is 1. The molecule has 0 aliphatic carbocycles. The molecule has 2 nitrogen and oxygen atoms in total. The van der Waals surface area contributed by atoms with Crippen LogP contribution < -0.4 is 5.32 Å². The van der Waals surface area contributed by atoms with Crippen molar-refractivity contribution in [1.82, 2.24) is 5.32 Å².